The average Bonchev–Trinajstić information content (AvgIpc) is 3.08. The minimum Gasteiger partial charge on any atom is -0.379 e. The Kier molecular flexibility index (Phi) is 3.48. The predicted octanol–water partition coefficient (Wildman–Crippen LogP) is 3.48. The van der Waals surface area contributed by atoms with E-state index in [-0.39, 0.29) is 0 Å². The fourth-order valence-electron chi connectivity index (χ4n) is 2.17. The zero-order chi connectivity index (χ0) is 13.9. The second-order valence-electron chi connectivity index (χ2n) is 4.64. The molecule has 0 fully saturated rings. The van der Waals surface area contributed by atoms with Gasteiger partial charge >= 0.3 is 0 Å². The maximum atomic E-state index is 6.31. The summed E-state index contributed by atoms with van der Waals surface area (Å²) in [5, 5.41) is 4.12. The first-order valence-corrected chi connectivity index (χ1v) is 6.73. The third kappa shape index (κ3) is 2.56. The lowest BCUT2D eigenvalue weighted by atomic mass is 10.2. The van der Waals surface area contributed by atoms with Crippen molar-refractivity contribution in [2.24, 2.45) is 7.05 Å². The third-order valence-electron chi connectivity index (χ3n) is 3.13. The fourth-order valence-corrected chi connectivity index (χ4v) is 2.45. The summed E-state index contributed by atoms with van der Waals surface area (Å²) >= 11 is 6.31. The number of aromatic nitrogens is 3. The molecule has 0 saturated heterocycles. The van der Waals surface area contributed by atoms with Crippen LogP contribution in [-0.2, 0) is 13.6 Å². The van der Waals surface area contributed by atoms with Gasteiger partial charge in [-0.05, 0) is 23.8 Å². The third-order valence-corrected chi connectivity index (χ3v) is 3.43. The molecule has 0 aliphatic heterocycles. The molecule has 0 aliphatic carbocycles. The van der Waals surface area contributed by atoms with Crippen molar-refractivity contribution in [1.82, 2.24) is 14.1 Å². The van der Waals surface area contributed by atoms with Crippen molar-refractivity contribution < 1.29 is 0 Å². The van der Waals surface area contributed by atoms with Crippen molar-refractivity contribution in [3.05, 3.63) is 66.0 Å². The van der Waals surface area contributed by atoms with Crippen LogP contribution in [0.1, 0.15) is 5.56 Å². The first-order valence-electron chi connectivity index (χ1n) is 6.35. The minimum absolute atomic E-state index is 0.695. The Balaban J connectivity index is 1.88. The van der Waals surface area contributed by atoms with E-state index in [9.17, 15) is 0 Å². The summed E-state index contributed by atoms with van der Waals surface area (Å²) in [6, 6.07) is 7.93. The van der Waals surface area contributed by atoms with Gasteiger partial charge in [0, 0.05) is 38.4 Å². The number of hydrogen-bond donors (Lipinski definition) is 1. The number of anilines is 1. The van der Waals surface area contributed by atoms with E-state index in [0.717, 1.165) is 17.9 Å². The van der Waals surface area contributed by atoms with Gasteiger partial charge in [0.25, 0.3) is 0 Å². The molecule has 0 radical (unpaired) electrons. The molecule has 5 heteroatoms. The van der Waals surface area contributed by atoms with Crippen molar-refractivity contribution >= 4 is 17.3 Å². The number of nitrogens with one attached hydrogen (secondary N) is 1. The summed E-state index contributed by atoms with van der Waals surface area (Å²) in [5.41, 5.74) is 3.13. The summed E-state index contributed by atoms with van der Waals surface area (Å²) in [7, 11) is 2.01. The second-order valence-corrected chi connectivity index (χ2v) is 5.05. The average molecular weight is 287 g/mol. The van der Waals surface area contributed by atoms with Crippen LogP contribution >= 0.6 is 11.6 Å². The Morgan fingerprint density at radius 2 is 2.15 bits per heavy atom. The number of hydrogen-bond acceptors (Lipinski definition) is 2. The Morgan fingerprint density at radius 1 is 1.25 bits per heavy atom. The lowest BCUT2D eigenvalue weighted by molar-refractivity contribution is 0.920. The van der Waals surface area contributed by atoms with E-state index >= 15 is 0 Å². The smallest absolute Gasteiger partial charge is 0.0992 e. The van der Waals surface area contributed by atoms with Gasteiger partial charge in [-0.2, -0.15) is 0 Å². The highest BCUT2D eigenvalue weighted by Crippen LogP contribution is 2.28. The van der Waals surface area contributed by atoms with Crippen molar-refractivity contribution in [2.45, 2.75) is 6.54 Å². The molecule has 3 rings (SSSR count). The van der Waals surface area contributed by atoms with Crippen LogP contribution in [0.4, 0.5) is 5.69 Å². The van der Waals surface area contributed by atoms with Crippen LogP contribution in [0.25, 0.3) is 5.69 Å². The number of rotatable bonds is 4. The summed E-state index contributed by atoms with van der Waals surface area (Å²) < 4.78 is 3.95. The summed E-state index contributed by atoms with van der Waals surface area (Å²) in [4.78, 5) is 4.08. The predicted molar refractivity (Wildman–Crippen MR) is 81.3 cm³/mol. The minimum atomic E-state index is 0.695. The van der Waals surface area contributed by atoms with E-state index in [0.29, 0.717) is 5.02 Å². The number of imidazole rings is 1. The standard InChI is InChI=1S/C15H15ClN4/c1-19-7-5-12(10-19)9-18-14-4-2-3-13(16)15(14)20-8-6-17-11-20/h2-8,10-11,18H,9H2,1H3. The first kappa shape index (κ1) is 12.8. The maximum absolute atomic E-state index is 6.31. The number of benzene rings is 1. The van der Waals surface area contributed by atoms with Crippen molar-refractivity contribution in [3.8, 4) is 5.69 Å². The second kappa shape index (κ2) is 5.43. The molecule has 20 heavy (non-hydrogen) atoms. The van der Waals surface area contributed by atoms with Gasteiger partial charge in [-0.1, -0.05) is 17.7 Å². The molecule has 2 heterocycles. The summed E-state index contributed by atoms with van der Waals surface area (Å²) in [5.74, 6) is 0. The fraction of sp³-hybridized carbons (Fsp3) is 0.133. The Bertz CT molecular complexity index is 700. The highest BCUT2D eigenvalue weighted by atomic mass is 35.5. The van der Waals surface area contributed by atoms with E-state index in [1.807, 2.05) is 46.8 Å². The Labute approximate surface area is 122 Å². The highest BCUT2D eigenvalue weighted by molar-refractivity contribution is 6.33. The van der Waals surface area contributed by atoms with Crippen LogP contribution in [0.3, 0.4) is 0 Å². The number of halogens is 1. The zero-order valence-electron chi connectivity index (χ0n) is 11.1. The van der Waals surface area contributed by atoms with Crippen molar-refractivity contribution in [2.75, 3.05) is 5.32 Å². The molecule has 2 aromatic heterocycles. The van der Waals surface area contributed by atoms with Crippen LogP contribution in [0.15, 0.2) is 55.4 Å². The molecular formula is C15H15ClN4. The van der Waals surface area contributed by atoms with E-state index in [1.54, 1.807) is 12.5 Å². The number of aryl methyl sites for hydroxylation is 1. The topological polar surface area (TPSA) is 34.8 Å². The largest absolute Gasteiger partial charge is 0.379 e. The molecule has 0 saturated carbocycles. The molecule has 102 valence electrons. The van der Waals surface area contributed by atoms with Gasteiger partial charge in [-0.3, -0.25) is 0 Å². The normalized spacial score (nSPS) is 10.7. The number of nitrogens with zero attached hydrogens (tertiary/aromatic N) is 3. The van der Waals surface area contributed by atoms with Gasteiger partial charge < -0.3 is 14.5 Å². The molecule has 1 aromatic carbocycles. The van der Waals surface area contributed by atoms with Gasteiger partial charge in [0.05, 0.1) is 22.7 Å². The summed E-state index contributed by atoms with van der Waals surface area (Å²) in [6.45, 7) is 0.753. The van der Waals surface area contributed by atoms with Gasteiger partial charge in [-0.25, -0.2) is 4.98 Å². The van der Waals surface area contributed by atoms with Gasteiger partial charge in [-0.15, -0.1) is 0 Å². The van der Waals surface area contributed by atoms with Crippen LogP contribution in [0.5, 0.6) is 0 Å². The van der Waals surface area contributed by atoms with E-state index in [4.69, 9.17) is 11.6 Å². The molecule has 4 nitrogen and oxygen atoms in total. The number of para-hydroxylation sites is 1. The van der Waals surface area contributed by atoms with Crippen molar-refractivity contribution in [1.29, 1.82) is 0 Å². The first-order chi connectivity index (χ1) is 9.74. The molecular weight excluding hydrogens is 272 g/mol. The van der Waals surface area contributed by atoms with E-state index in [2.05, 4.69) is 22.6 Å². The van der Waals surface area contributed by atoms with E-state index in [1.165, 1.54) is 5.56 Å². The molecule has 1 N–H and O–H groups in total. The van der Waals surface area contributed by atoms with Crippen LogP contribution < -0.4 is 5.32 Å². The van der Waals surface area contributed by atoms with E-state index < -0.39 is 0 Å². The van der Waals surface area contributed by atoms with Crippen LogP contribution in [0, 0.1) is 0 Å². The molecule has 0 unspecified atom stereocenters. The Hall–Kier alpha value is -2.20. The van der Waals surface area contributed by atoms with Gasteiger partial charge in [0.1, 0.15) is 0 Å². The maximum Gasteiger partial charge on any atom is 0.0992 e. The summed E-state index contributed by atoms with van der Waals surface area (Å²) in [6.07, 6.45) is 9.49. The van der Waals surface area contributed by atoms with Crippen molar-refractivity contribution in [3.63, 3.8) is 0 Å². The van der Waals surface area contributed by atoms with Gasteiger partial charge in [0.2, 0.25) is 0 Å². The molecule has 0 atom stereocenters. The molecule has 0 spiro atoms. The van der Waals surface area contributed by atoms with Crippen LogP contribution in [0.2, 0.25) is 5.02 Å². The monoisotopic (exact) mass is 286 g/mol. The highest BCUT2D eigenvalue weighted by Gasteiger charge is 2.08. The lowest BCUT2D eigenvalue weighted by Crippen LogP contribution is -2.03. The molecule has 0 bridgehead atoms. The zero-order valence-corrected chi connectivity index (χ0v) is 11.9. The molecule has 3 aromatic rings. The Morgan fingerprint density at radius 3 is 2.85 bits per heavy atom. The SMILES string of the molecule is Cn1ccc(CNc2cccc(Cl)c2-n2ccnc2)c1. The lowest BCUT2D eigenvalue weighted by Gasteiger charge is -2.13. The molecule has 0 aliphatic rings. The quantitative estimate of drug-likeness (QED) is 0.797. The van der Waals surface area contributed by atoms with Gasteiger partial charge in [0.15, 0.2) is 0 Å². The molecule has 0 amide bonds. The van der Waals surface area contributed by atoms with Crippen LogP contribution in [-0.4, -0.2) is 14.1 Å².